The van der Waals surface area contributed by atoms with Gasteiger partial charge in [0.25, 0.3) is 0 Å². The predicted octanol–water partition coefficient (Wildman–Crippen LogP) is 4.67. The lowest BCUT2D eigenvalue weighted by Crippen LogP contribution is -2.09. The molecule has 0 amide bonds. The zero-order chi connectivity index (χ0) is 18.4. The molecule has 0 atom stereocenters. The maximum atomic E-state index is 12.1. The lowest BCUT2D eigenvalue weighted by atomic mass is 10.1. The smallest absolute Gasteiger partial charge is 0.311 e. The fraction of sp³-hybridized carbons (Fsp3) is 0.278. The van der Waals surface area contributed by atoms with Crippen molar-refractivity contribution in [3.05, 3.63) is 45.4 Å². The van der Waals surface area contributed by atoms with E-state index in [9.17, 15) is 4.79 Å². The summed E-state index contributed by atoms with van der Waals surface area (Å²) in [6, 6.07) is 8.60. The number of hydrogen-bond donors (Lipinski definition) is 0. The molecule has 0 unspecified atom stereocenters. The van der Waals surface area contributed by atoms with E-state index in [0.29, 0.717) is 38.9 Å². The Kier molecular flexibility index (Phi) is 6.96. The number of rotatable bonds is 7. The summed E-state index contributed by atoms with van der Waals surface area (Å²) >= 11 is 9.19. The second-order valence-electron chi connectivity index (χ2n) is 5.08. The van der Waals surface area contributed by atoms with Crippen LogP contribution < -0.4 is 18.9 Å². The number of aryl methyl sites for hydroxylation is 1. The Morgan fingerprint density at radius 3 is 2.16 bits per heavy atom. The maximum Gasteiger partial charge on any atom is 0.311 e. The molecule has 5 nitrogen and oxygen atoms in total. The normalized spacial score (nSPS) is 10.3. The molecule has 0 aliphatic rings. The molecule has 0 spiro atoms. The molecule has 0 aliphatic carbocycles. The first-order chi connectivity index (χ1) is 12.0. The summed E-state index contributed by atoms with van der Waals surface area (Å²) < 4.78 is 21.9. The molecule has 0 aromatic heterocycles. The zero-order valence-electron chi connectivity index (χ0n) is 14.1. The van der Waals surface area contributed by atoms with Crippen LogP contribution in [0.4, 0.5) is 0 Å². The van der Waals surface area contributed by atoms with Crippen molar-refractivity contribution in [3.63, 3.8) is 0 Å². The molecular weight excluding hydrogens is 412 g/mol. The van der Waals surface area contributed by atoms with Crippen LogP contribution in [0, 0.1) is 0 Å². The highest BCUT2D eigenvalue weighted by Gasteiger charge is 2.15. The molecule has 0 saturated carbocycles. The summed E-state index contributed by atoms with van der Waals surface area (Å²) in [5, 5.41) is 0.559. The number of esters is 1. The largest absolute Gasteiger partial charge is 0.493 e. The minimum absolute atomic E-state index is 0.202. The van der Waals surface area contributed by atoms with Crippen LogP contribution in [0.2, 0.25) is 5.02 Å². The number of benzene rings is 2. The van der Waals surface area contributed by atoms with Gasteiger partial charge in [-0.3, -0.25) is 4.79 Å². The van der Waals surface area contributed by atoms with Crippen molar-refractivity contribution in [2.75, 3.05) is 21.3 Å². The Morgan fingerprint density at radius 1 is 1.00 bits per heavy atom. The third-order valence-corrected chi connectivity index (χ3v) is 4.31. The van der Waals surface area contributed by atoms with Crippen LogP contribution in [0.15, 0.2) is 34.8 Å². The molecule has 0 saturated heterocycles. The topological polar surface area (TPSA) is 54.0 Å². The Morgan fingerprint density at radius 2 is 1.64 bits per heavy atom. The van der Waals surface area contributed by atoms with Crippen molar-refractivity contribution in [1.29, 1.82) is 0 Å². The summed E-state index contributed by atoms with van der Waals surface area (Å²) in [4.78, 5) is 12.1. The molecular formula is C18H18BrClO5. The lowest BCUT2D eigenvalue weighted by Gasteiger charge is -2.14. The molecule has 7 heteroatoms. The van der Waals surface area contributed by atoms with Gasteiger partial charge in [0.15, 0.2) is 11.5 Å². The fourth-order valence-electron chi connectivity index (χ4n) is 2.26. The fourth-order valence-corrected chi connectivity index (χ4v) is 3.02. The third kappa shape index (κ3) is 5.03. The standard InChI is InChI=1S/C18H18BrClO5/c1-22-15-8-11(9-16(23-2)18(15)24-3)4-7-17(21)25-14-6-5-12(20)10-13(14)19/h5-6,8-10H,4,7H2,1-3H3. The van der Waals surface area contributed by atoms with Crippen LogP contribution >= 0.6 is 27.5 Å². The van der Waals surface area contributed by atoms with Gasteiger partial charge in [-0.2, -0.15) is 0 Å². The highest BCUT2D eigenvalue weighted by atomic mass is 79.9. The summed E-state index contributed by atoms with van der Waals surface area (Å²) in [7, 11) is 4.64. The van der Waals surface area contributed by atoms with Gasteiger partial charge in [0.1, 0.15) is 5.75 Å². The number of hydrogen-bond acceptors (Lipinski definition) is 5. The summed E-state index contributed by atoms with van der Waals surface area (Å²) in [6.45, 7) is 0. The predicted molar refractivity (Wildman–Crippen MR) is 99.2 cm³/mol. The van der Waals surface area contributed by atoms with E-state index in [4.69, 9.17) is 30.5 Å². The van der Waals surface area contributed by atoms with Gasteiger partial charge in [0, 0.05) is 11.4 Å². The van der Waals surface area contributed by atoms with E-state index in [0.717, 1.165) is 5.56 Å². The number of carbonyl (C=O) groups excluding carboxylic acids is 1. The third-order valence-electron chi connectivity index (χ3n) is 3.46. The van der Waals surface area contributed by atoms with E-state index in [1.54, 1.807) is 39.5 Å². The van der Waals surface area contributed by atoms with E-state index < -0.39 is 0 Å². The van der Waals surface area contributed by atoms with Gasteiger partial charge in [-0.25, -0.2) is 0 Å². The van der Waals surface area contributed by atoms with Crippen LogP contribution in [-0.2, 0) is 11.2 Å². The van der Waals surface area contributed by atoms with E-state index in [2.05, 4.69) is 15.9 Å². The molecule has 0 N–H and O–H groups in total. The molecule has 0 bridgehead atoms. The van der Waals surface area contributed by atoms with Crippen molar-refractivity contribution >= 4 is 33.5 Å². The molecule has 0 radical (unpaired) electrons. The number of halogens is 2. The van der Waals surface area contributed by atoms with Gasteiger partial charge < -0.3 is 18.9 Å². The molecule has 2 aromatic rings. The molecule has 0 aliphatic heterocycles. The van der Waals surface area contributed by atoms with Crippen molar-refractivity contribution in [2.24, 2.45) is 0 Å². The first-order valence-corrected chi connectivity index (χ1v) is 8.60. The summed E-state index contributed by atoms with van der Waals surface area (Å²) in [5.74, 6) is 1.69. The van der Waals surface area contributed by atoms with E-state index >= 15 is 0 Å². The first-order valence-electron chi connectivity index (χ1n) is 7.43. The van der Waals surface area contributed by atoms with Crippen molar-refractivity contribution in [1.82, 2.24) is 0 Å². The summed E-state index contributed by atoms with van der Waals surface area (Å²) in [5.41, 5.74) is 0.877. The molecule has 0 fully saturated rings. The average Bonchev–Trinajstić information content (AvgIpc) is 2.61. The van der Waals surface area contributed by atoms with Gasteiger partial charge >= 0.3 is 5.97 Å². The van der Waals surface area contributed by atoms with Gasteiger partial charge in [0.05, 0.1) is 25.8 Å². The Bertz CT molecular complexity index is 738. The SMILES string of the molecule is COc1cc(CCC(=O)Oc2ccc(Cl)cc2Br)cc(OC)c1OC. The molecule has 25 heavy (non-hydrogen) atoms. The average molecular weight is 430 g/mol. The second kappa shape index (κ2) is 8.97. The van der Waals surface area contributed by atoms with Crippen LogP contribution in [0.5, 0.6) is 23.0 Å². The highest BCUT2D eigenvalue weighted by Crippen LogP contribution is 2.38. The number of carbonyl (C=O) groups is 1. The minimum atomic E-state index is -0.350. The number of methoxy groups -OCH3 is 3. The molecule has 134 valence electrons. The van der Waals surface area contributed by atoms with E-state index in [-0.39, 0.29) is 12.4 Å². The second-order valence-corrected chi connectivity index (χ2v) is 6.37. The Balaban J connectivity index is 2.06. The van der Waals surface area contributed by atoms with Gasteiger partial charge in [0.2, 0.25) is 5.75 Å². The summed E-state index contributed by atoms with van der Waals surface area (Å²) in [6.07, 6.45) is 0.675. The molecule has 2 rings (SSSR count). The van der Waals surface area contributed by atoms with Crippen molar-refractivity contribution in [2.45, 2.75) is 12.8 Å². The van der Waals surface area contributed by atoms with E-state index in [1.165, 1.54) is 0 Å². The van der Waals surface area contributed by atoms with Crippen LogP contribution in [0.1, 0.15) is 12.0 Å². The van der Waals surface area contributed by atoms with Gasteiger partial charge in [-0.05, 0) is 58.2 Å². The maximum absolute atomic E-state index is 12.1. The minimum Gasteiger partial charge on any atom is -0.493 e. The van der Waals surface area contributed by atoms with Crippen LogP contribution in [-0.4, -0.2) is 27.3 Å². The van der Waals surface area contributed by atoms with Crippen LogP contribution in [0.25, 0.3) is 0 Å². The van der Waals surface area contributed by atoms with Gasteiger partial charge in [-0.1, -0.05) is 11.6 Å². The van der Waals surface area contributed by atoms with Crippen LogP contribution in [0.3, 0.4) is 0 Å². The number of ether oxygens (including phenoxy) is 4. The molecule has 0 heterocycles. The van der Waals surface area contributed by atoms with E-state index in [1.807, 2.05) is 12.1 Å². The lowest BCUT2D eigenvalue weighted by molar-refractivity contribution is -0.134. The molecule has 2 aromatic carbocycles. The Hall–Kier alpha value is -1.92. The highest BCUT2D eigenvalue weighted by molar-refractivity contribution is 9.10. The first kappa shape index (κ1) is 19.4. The van der Waals surface area contributed by atoms with Gasteiger partial charge in [-0.15, -0.1) is 0 Å². The van der Waals surface area contributed by atoms with Crippen molar-refractivity contribution in [3.8, 4) is 23.0 Å². The van der Waals surface area contributed by atoms with Crippen molar-refractivity contribution < 1.29 is 23.7 Å². The monoisotopic (exact) mass is 428 g/mol. The zero-order valence-corrected chi connectivity index (χ0v) is 16.4. The quantitative estimate of drug-likeness (QED) is 0.473. The Labute approximate surface area is 159 Å².